The highest BCUT2D eigenvalue weighted by Crippen LogP contribution is 2.38. The molecule has 0 fully saturated rings. The number of Topliss-reactive ketones (excluding diaryl/α,β-unsaturated/α-hetero) is 1. The van der Waals surface area contributed by atoms with E-state index in [-0.39, 0.29) is 30.0 Å². The molecule has 14 heteroatoms. The molecular weight excluding hydrogens is 757 g/mol. The summed E-state index contributed by atoms with van der Waals surface area (Å²) in [7, 11) is 4.69. The molecule has 0 radical (unpaired) electrons. The number of nitrogens with zero attached hydrogens (tertiary/aromatic N) is 2. The molecular formula is C45H54N4O10. The summed E-state index contributed by atoms with van der Waals surface area (Å²) in [5.41, 5.74) is 2.64. The lowest BCUT2D eigenvalue weighted by molar-refractivity contribution is 0.0179. The molecule has 14 nitrogen and oxygen atoms in total. The molecule has 2 amide bonds. The summed E-state index contributed by atoms with van der Waals surface area (Å²) in [6, 6.07) is 21.5. The molecule has 0 atom stereocenters. The Labute approximate surface area is 345 Å². The highest BCUT2D eigenvalue weighted by Gasteiger charge is 2.24. The van der Waals surface area contributed by atoms with Crippen LogP contribution in [0.2, 0.25) is 0 Å². The quantitative estimate of drug-likeness (QED) is 0.0456. The van der Waals surface area contributed by atoms with Crippen LogP contribution in [0.3, 0.4) is 0 Å². The summed E-state index contributed by atoms with van der Waals surface area (Å²) in [6.07, 6.45) is 2.50. The van der Waals surface area contributed by atoms with E-state index >= 15 is 0 Å². The Hall–Kier alpha value is -5.80. The van der Waals surface area contributed by atoms with Gasteiger partial charge in [-0.15, -0.1) is 0 Å². The number of urea groups is 1. The van der Waals surface area contributed by atoms with Gasteiger partial charge < -0.3 is 48.9 Å². The highest BCUT2D eigenvalue weighted by molar-refractivity contribution is 6.09. The zero-order valence-corrected chi connectivity index (χ0v) is 34.6. The molecule has 1 heterocycles. The first-order valence-electron chi connectivity index (χ1n) is 19.4. The molecule has 4 aromatic carbocycles. The van der Waals surface area contributed by atoms with Gasteiger partial charge in [0.05, 0.1) is 64.2 Å². The van der Waals surface area contributed by atoms with Crippen molar-refractivity contribution in [1.82, 2.24) is 9.97 Å². The minimum atomic E-state index is -0.527. The van der Waals surface area contributed by atoms with E-state index in [0.29, 0.717) is 98.4 Å². The number of hydrogen-bond donors (Lipinski definition) is 3. The lowest BCUT2D eigenvalue weighted by Gasteiger charge is -2.23. The Morgan fingerprint density at radius 2 is 1.47 bits per heavy atom. The van der Waals surface area contributed by atoms with Gasteiger partial charge in [0.25, 0.3) is 0 Å². The minimum absolute atomic E-state index is 0.105. The van der Waals surface area contributed by atoms with Crippen LogP contribution in [0, 0.1) is 0 Å². The van der Waals surface area contributed by atoms with Crippen LogP contribution in [0.25, 0.3) is 10.8 Å². The van der Waals surface area contributed by atoms with Crippen molar-refractivity contribution in [2.24, 2.45) is 0 Å². The summed E-state index contributed by atoms with van der Waals surface area (Å²) in [6.45, 7) is 8.74. The largest absolute Gasteiger partial charge is 0.497 e. The molecule has 5 rings (SSSR count). The van der Waals surface area contributed by atoms with Crippen LogP contribution in [0.4, 0.5) is 16.2 Å². The Kier molecular flexibility index (Phi) is 16.4. The van der Waals surface area contributed by atoms with Crippen LogP contribution in [-0.2, 0) is 26.0 Å². The number of carbonyl (C=O) groups is 2. The maximum Gasteiger partial charge on any atom is 0.323 e. The Morgan fingerprint density at radius 3 is 2.19 bits per heavy atom. The van der Waals surface area contributed by atoms with E-state index in [1.54, 1.807) is 44.7 Å². The molecule has 0 unspecified atom stereocenters. The van der Waals surface area contributed by atoms with Crippen molar-refractivity contribution in [3.8, 4) is 28.9 Å². The van der Waals surface area contributed by atoms with Gasteiger partial charge in [-0.05, 0) is 59.4 Å². The van der Waals surface area contributed by atoms with E-state index in [4.69, 9.17) is 33.2 Å². The van der Waals surface area contributed by atoms with E-state index in [9.17, 15) is 14.7 Å². The van der Waals surface area contributed by atoms with Crippen molar-refractivity contribution in [3.63, 3.8) is 0 Å². The molecule has 0 aliphatic heterocycles. The van der Waals surface area contributed by atoms with E-state index in [1.165, 1.54) is 7.11 Å². The van der Waals surface area contributed by atoms with Crippen LogP contribution in [0.1, 0.15) is 60.9 Å². The number of fused-ring (bicyclic) bond motifs is 1. The number of amides is 2. The number of ether oxygens (including phenoxy) is 7. The number of rotatable bonds is 22. The molecule has 0 saturated heterocycles. The lowest BCUT2D eigenvalue weighted by Crippen LogP contribution is -2.22. The molecule has 0 spiro atoms. The number of aliphatic hydroxyl groups excluding tert-OH is 1. The van der Waals surface area contributed by atoms with Gasteiger partial charge >= 0.3 is 6.03 Å². The number of ketones is 1. The molecule has 3 N–H and O–H groups in total. The topological polar surface area (TPSA) is 169 Å². The average molecular weight is 811 g/mol. The minimum Gasteiger partial charge on any atom is -0.497 e. The van der Waals surface area contributed by atoms with Crippen LogP contribution >= 0.6 is 0 Å². The van der Waals surface area contributed by atoms with Crippen molar-refractivity contribution >= 4 is 34.0 Å². The predicted octanol–water partition coefficient (Wildman–Crippen LogP) is 7.99. The fourth-order valence-corrected chi connectivity index (χ4v) is 6.14. The van der Waals surface area contributed by atoms with Gasteiger partial charge in [-0.2, -0.15) is 4.98 Å². The first kappa shape index (κ1) is 44.3. The maximum absolute atomic E-state index is 13.6. The smallest absolute Gasteiger partial charge is 0.323 e. The highest BCUT2D eigenvalue weighted by atomic mass is 16.6. The first-order valence-corrected chi connectivity index (χ1v) is 19.4. The van der Waals surface area contributed by atoms with E-state index in [2.05, 4.69) is 20.6 Å². The van der Waals surface area contributed by atoms with Crippen molar-refractivity contribution < 1.29 is 47.9 Å². The number of anilines is 2. The van der Waals surface area contributed by atoms with Crippen molar-refractivity contribution in [2.45, 2.75) is 45.4 Å². The van der Waals surface area contributed by atoms with Gasteiger partial charge in [0, 0.05) is 55.7 Å². The number of methoxy groups -OCH3 is 3. The van der Waals surface area contributed by atoms with Crippen LogP contribution in [-0.4, -0.2) is 94.5 Å². The van der Waals surface area contributed by atoms with Crippen molar-refractivity contribution in [1.29, 1.82) is 0 Å². The number of aliphatic hydroxyl groups is 1. The maximum atomic E-state index is 13.6. The summed E-state index contributed by atoms with van der Waals surface area (Å²) >= 11 is 0. The second-order valence-electron chi connectivity index (χ2n) is 14.5. The molecule has 0 bridgehead atoms. The molecule has 314 valence electrons. The van der Waals surface area contributed by atoms with Gasteiger partial charge in [0.2, 0.25) is 5.88 Å². The lowest BCUT2D eigenvalue weighted by atomic mass is 9.84. The average Bonchev–Trinajstić information content (AvgIpc) is 3.22. The van der Waals surface area contributed by atoms with Crippen molar-refractivity contribution in [3.05, 3.63) is 102 Å². The Balaban J connectivity index is 1.28. The van der Waals surface area contributed by atoms with Crippen LogP contribution in [0.15, 0.2) is 79.0 Å². The Morgan fingerprint density at radius 1 is 0.763 bits per heavy atom. The molecule has 5 aromatic rings. The monoisotopic (exact) mass is 810 g/mol. The Bertz CT molecular complexity index is 2170. The van der Waals surface area contributed by atoms with Gasteiger partial charge in [0.1, 0.15) is 29.7 Å². The molecule has 0 aliphatic carbocycles. The number of carbonyl (C=O) groups excluding carboxylic acids is 2. The van der Waals surface area contributed by atoms with Crippen molar-refractivity contribution in [2.75, 3.05) is 78.2 Å². The van der Waals surface area contributed by atoms with Gasteiger partial charge in [0.15, 0.2) is 11.5 Å². The van der Waals surface area contributed by atoms with E-state index in [0.717, 1.165) is 21.9 Å². The third-order valence-corrected chi connectivity index (χ3v) is 9.13. The van der Waals surface area contributed by atoms with Gasteiger partial charge in [-0.3, -0.25) is 4.79 Å². The first-order chi connectivity index (χ1) is 28.5. The second kappa shape index (κ2) is 21.8. The number of nitrogens with one attached hydrogen (secondary N) is 2. The molecule has 59 heavy (non-hydrogen) atoms. The third kappa shape index (κ3) is 12.8. The third-order valence-electron chi connectivity index (χ3n) is 9.13. The van der Waals surface area contributed by atoms with Gasteiger partial charge in [-0.25, -0.2) is 9.78 Å². The van der Waals surface area contributed by atoms with Gasteiger partial charge in [-0.1, -0.05) is 45.0 Å². The fourth-order valence-electron chi connectivity index (χ4n) is 6.14. The molecule has 0 saturated carbocycles. The zero-order valence-electron chi connectivity index (χ0n) is 34.6. The zero-order chi connectivity index (χ0) is 42.2. The van der Waals surface area contributed by atoms with Crippen LogP contribution < -0.4 is 29.6 Å². The second-order valence-corrected chi connectivity index (χ2v) is 14.5. The summed E-state index contributed by atoms with van der Waals surface area (Å²) in [5.74, 6) is 2.74. The SMILES string of the molecule is COCCOCCOCCOc1cc(Cc2nccc(Oc3ccc(NC(=O)Nc4cc(C(C)(C)C)cc(C(=O)CCCO)c4OC)c4ccccc34)n2)cc(OC)c1. The van der Waals surface area contributed by atoms with E-state index < -0.39 is 6.03 Å². The molecule has 0 aliphatic rings. The predicted molar refractivity (Wildman–Crippen MR) is 226 cm³/mol. The summed E-state index contributed by atoms with van der Waals surface area (Å²) in [4.78, 5) is 35.9. The number of benzene rings is 4. The fraction of sp³-hybridized carbons (Fsp3) is 0.378. The standard InChI is InChI=1S/C45H54N4O10/c1-45(2,3)31-27-36(39(51)12-9-17-50)43(55-6)38(28-31)48-44(52)47-37-13-14-40(35-11-8-7-10-34(35)37)59-42-15-16-46-41(49-42)26-30-24-32(54-5)29-33(25-30)58-23-22-57-21-20-56-19-18-53-4/h7-8,10-11,13-16,24-25,27-29,50H,9,12,17-23,26H2,1-6H3,(H2,47,48,52). The normalized spacial score (nSPS) is 11.3. The van der Waals surface area contributed by atoms with Crippen LogP contribution in [0.5, 0.6) is 28.9 Å². The summed E-state index contributed by atoms with van der Waals surface area (Å²) < 4.78 is 39.4. The number of aromatic nitrogens is 2. The van der Waals surface area contributed by atoms with E-state index in [1.807, 2.05) is 69.3 Å². The molecule has 1 aromatic heterocycles. The number of hydrogen-bond acceptors (Lipinski definition) is 12. The summed E-state index contributed by atoms with van der Waals surface area (Å²) in [5, 5.41) is 16.6.